The summed E-state index contributed by atoms with van der Waals surface area (Å²) in [6.45, 7) is 3.52. The maximum atomic E-state index is 11.3. The first kappa shape index (κ1) is 12.2. The van der Waals surface area contributed by atoms with Gasteiger partial charge in [0, 0.05) is 11.3 Å². The topological polar surface area (TPSA) is 29.4 Å². The number of benzene rings is 2. The smallest absolute Gasteiger partial charge is 0.159 e. The van der Waals surface area contributed by atoms with Crippen molar-refractivity contribution in [3.05, 3.63) is 65.7 Å². The van der Waals surface area contributed by atoms with E-state index in [0.29, 0.717) is 0 Å². The Morgan fingerprint density at radius 1 is 0.889 bits per heavy atom. The molecule has 0 N–H and O–H groups in total. The molecule has 0 saturated heterocycles. The molecule has 90 valence electrons. The van der Waals surface area contributed by atoms with E-state index in [1.807, 2.05) is 61.5 Å². The maximum absolute atomic E-state index is 11.3. The van der Waals surface area contributed by atoms with E-state index in [1.54, 1.807) is 6.92 Å². The summed E-state index contributed by atoms with van der Waals surface area (Å²) in [5, 5.41) is 0. The summed E-state index contributed by atoms with van der Waals surface area (Å²) < 4.78 is 0. The van der Waals surface area contributed by atoms with Crippen LogP contribution < -0.4 is 0 Å². The number of carbonyl (C=O) groups is 1. The van der Waals surface area contributed by atoms with Crippen molar-refractivity contribution in [2.24, 2.45) is 4.99 Å². The molecule has 0 radical (unpaired) electrons. The normalized spacial score (nSPS) is 11.3. The molecular weight excluding hydrogens is 222 g/mol. The Kier molecular flexibility index (Phi) is 3.68. The van der Waals surface area contributed by atoms with E-state index in [9.17, 15) is 4.79 Å². The average Bonchev–Trinajstić information content (AvgIpc) is 2.40. The van der Waals surface area contributed by atoms with Crippen molar-refractivity contribution in [3.63, 3.8) is 0 Å². The summed E-state index contributed by atoms with van der Waals surface area (Å²) in [6, 6.07) is 17.3. The van der Waals surface area contributed by atoms with Crippen molar-refractivity contribution in [3.8, 4) is 0 Å². The number of carbonyl (C=O) groups excluding carboxylic acids is 1. The number of ketones is 1. The fourth-order valence-electron chi connectivity index (χ4n) is 1.72. The highest BCUT2D eigenvalue weighted by Crippen LogP contribution is 2.14. The predicted octanol–water partition coefficient (Wildman–Crippen LogP) is 4.03. The predicted molar refractivity (Wildman–Crippen MR) is 74.8 cm³/mol. The standard InChI is InChI=1S/C16H15NO/c1-12(17-16-9-4-3-5-10-16)14-7-6-8-15(11-14)13(2)18/h3-11H,1-2H3/b17-12-. The molecule has 0 aromatic heterocycles. The van der Waals surface area contributed by atoms with Crippen LogP contribution >= 0.6 is 0 Å². The van der Waals surface area contributed by atoms with Gasteiger partial charge >= 0.3 is 0 Å². The van der Waals surface area contributed by atoms with Gasteiger partial charge in [-0.2, -0.15) is 0 Å². The molecule has 2 nitrogen and oxygen atoms in total. The van der Waals surface area contributed by atoms with E-state index < -0.39 is 0 Å². The van der Waals surface area contributed by atoms with Gasteiger partial charge in [-0.3, -0.25) is 9.79 Å². The van der Waals surface area contributed by atoms with Gasteiger partial charge < -0.3 is 0 Å². The Morgan fingerprint density at radius 3 is 2.22 bits per heavy atom. The Hall–Kier alpha value is -2.22. The molecular formula is C16H15NO. The zero-order valence-corrected chi connectivity index (χ0v) is 10.6. The lowest BCUT2D eigenvalue weighted by molar-refractivity contribution is 0.101. The summed E-state index contributed by atoms with van der Waals surface area (Å²) in [5.74, 6) is 0.0735. The molecule has 2 heteroatoms. The molecule has 2 aromatic rings. The van der Waals surface area contributed by atoms with E-state index in [2.05, 4.69) is 4.99 Å². The van der Waals surface area contributed by atoms with Crippen LogP contribution in [0.15, 0.2) is 59.6 Å². The van der Waals surface area contributed by atoms with Gasteiger partial charge in [-0.15, -0.1) is 0 Å². The van der Waals surface area contributed by atoms with Crippen molar-refractivity contribution < 1.29 is 4.79 Å². The summed E-state index contributed by atoms with van der Waals surface area (Å²) in [7, 11) is 0. The maximum Gasteiger partial charge on any atom is 0.159 e. The minimum Gasteiger partial charge on any atom is -0.295 e. The van der Waals surface area contributed by atoms with Crippen LogP contribution in [0.1, 0.15) is 29.8 Å². The SMILES string of the molecule is CC(=O)c1cccc(/C(C)=N\c2ccccc2)c1. The fraction of sp³-hybridized carbons (Fsp3) is 0.125. The molecule has 0 unspecified atom stereocenters. The Morgan fingerprint density at radius 2 is 1.56 bits per heavy atom. The number of nitrogens with zero attached hydrogens (tertiary/aromatic N) is 1. The van der Waals surface area contributed by atoms with Crippen LogP contribution in [0.25, 0.3) is 0 Å². The number of hydrogen-bond acceptors (Lipinski definition) is 2. The number of para-hydroxylation sites is 1. The van der Waals surface area contributed by atoms with Crippen LogP contribution in [0.2, 0.25) is 0 Å². The van der Waals surface area contributed by atoms with Crippen LogP contribution in [0.3, 0.4) is 0 Å². The first-order chi connectivity index (χ1) is 8.66. The van der Waals surface area contributed by atoms with Gasteiger partial charge in [-0.1, -0.05) is 36.4 Å². The lowest BCUT2D eigenvalue weighted by Crippen LogP contribution is -1.98. The van der Waals surface area contributed by atoms with Gasteiger partial charge in [0.15, 0.2) is 5.78 Å². The third kappa shape index (κ3) is 2.92. The van der Waals surface area contributed by atoms with Crippen LogP contribution in [-0.4, -0.2) is 11.5 Å². The van der Waals surface area contributed by atoms with Crippen molar-refractivity contribution in [2.75, 3.05) is 0 Å². The molecule has 0 bridgehead atoms. The highest BCUT2D eigenvalue weighted by atomic mass is 16.1. The van der Waals surface area contributed by atoms with Crippen LogP contribution in [0, 0.1) is 0 Å². The minimum absolute atomic E-state index is 0.0735. The van der Waals surface area contributed by atoms with Crippen molar-refractivity contribution >= 4 is 17.2 Å². The average molecular weight is 237 g/mol. The van der Waals surface area contributed by atoms with Gasteiger partial charge in [-0.25, -0.2) is 0 Å². The van der Waals surface area contributed by atoms with Crippen LogP contribution in [-0.2, 0) is 0 Å². The monoisotopic (exact) mass is 237 g/mol. The summed E-state index contributed by atoms with van der Waals surface area (Å²) >= 11 is 0. The molecule has 0 saturated carbocycles. The molecule has 2 rings (SSSR count). The Bertz CT molecular complexity index is 585. The molecule has 0 aliphatic heterocycles. The minimum atomic E-state index is 0.0735. The molecule has 0 heterocycles. The van der Waals surface area contributed by atoms with Crippen molar-refractivity contribution in [1.82, 2.24) is 0 Å². The van der Waals surface area contributed by atoms with E-state index in [4.69, 9.17) is 0 Å². The molecule has 0 atom stereocenters. The van der Waals surface area contributed by atoms with E-state index in [1.165, 1.54) is 0 Å². The second-order valence-corrected chi connectivity index (χ2v) is 4.17. The van der Waals surface area contributed by atoms with Crippen LogP contribution in [0.5, 0.6) is 0 Å². The first-order valence-electron chi connectivity index (χ1n) is 5.88. The molecule has 0 aliphatic carbocycles. The molecule has 0 spiro atoms. The highest BCUT2D eigenvalue weighted by molar-refractivity contribution is 6.03. The van der Waals surface area contributed by atoms with E-state index >= 15 is 0 Å². The summed E-state index contributed by atoms with van der Waals surface area (Å²) in [6.07, 6.45) is 0. The number of aliphatic imine (C=N–C) groups is 1. The molecule has 0 aliphatic rings. The third-order valence-corrected chi connectivity index (χ3v) is 2.74. The largest absolute Gasteiger partial charge is 0.295 e. The summed E-state index contributed by atoms with van der Waals surface area (Å²) in [5.41, 5.74) is 3.52. The molecule has 0 amide bonds. The number of rotatable bonds is 3. The van der Waals surface area contributed by atoms with E-state index in [0.717, 1.165) is 22.5 Å². The second-order valence-electron chi connectivity index (χ2n) is 4.17. The third-order valence-electron chi connectivity index (χ3n) is 2.74. The Labute approximate surface area is 107 Å². The van der Waals surface area contributed by atoms with Crippen molar-refractivity contribution in [1.29, 1.82) is 0 Å². The second kappa shape index (κ2) is 5.41. The zero-order chi connectivity index (χ0) is 13.0. The fourth-order valence-corrected chi connectivity index (χ4v) is 1.72. The van der Waals surface area contributed by atoms with Gasteiger partial charge in [0.2, 0.25) is 0 Å². The number of Topliss-reactive ketones (excluding diaryl/α,β-unsaturated/α-hetero) is 1. The molecule has 18 heavy (non-hydrogen) atoms. The van der Waals surface area contributed by atoms with Gasteiger partial charge in [0.05, 0.1) is 5.69 Å². The van der Waals surface area contributed by atoms with Crippen molar-refractivity contribution in [2.45, 2.75) is 13.8 Å². The molecule has 2 aromatic carbocycles. The zero-order valence-electron chi connectivity index (χ0n) is 10.6. The van der Waals surface area contributed by atoms with Gasteiger partial charge in [0.1, 0.15) is 0 Å². The first-order valence-corrected chi connectivity index (χ1v) is 5.88. The molecule has 0 fully saturated rings. The lowest BCUT2D eigenvalue weighted by Gasteiger charge is -2.03. The lowest BCUT2D eigenvalue weighted by atomic mass is 10.1. The van der Waals surface area contributed by atoms with Gasteiger partial charge in [-0.05, 0) is 37.6 Å². The number of hydrogen-bond donors (Lipinski definition) is 0. The summed E-state index contributed by atoms with van der Waals surface area (Å²) in [4.78, 5) is 15.9. The Balaban J connectivity index is 2.34. The van der Waals surface area contributed by atoms with E-state index in [-0.39, 0.29) is 5.78 Å². The van der Waals surface area contributed by atoms with Gasteiger partial charge in [0.25, 0.3) is 0 Å². The highest BCUT2D eigenvalue weighted by Gasteiger charge is 2.02. The quantitative estimate of drug-likeness (QED) is 0.585. The van der Waals surface area contributed by atoms with Crippen LogP contribution in [0.4, 0.5) is 5.69 Å².